The molecule has 0 saturated heterocycles. The van der Waals surface area contributed by atoms with Gasteiger partial charge >= 0.3 is 6.18 Å². The first-order valence-corrected chi connectivity index (χ1v) is 7.39. The molecule has 0 aliphatic carbocycles. The van der Waals surface area contributed by atoms with Gasteiger partial charge in [0.1, 0.15) is 6.33 Å². The third-order valence-electron chi connectivity index (χ3n) is 2.90. The SMILES string of the molecule is CCCNC(=S)Nc1ncn(Cc2cccc(C(F)(F)F)c2)n1. The summed E-state index contributed by atoms with van der Waals surface area (Å²) >= 11 is 5.06. The number of halogens is 3. The van der Waals surface area contributed by atoms with Crippen LogP contribution in [-0.4, -0.2) is 26.4 Å². The van der Waals surface area contributed by atoms with Crippen LogP contribution >= 0.6 is 12.2 Å². The highest BCUT2D eigenvalue weighted by Gasteiger charge is 2.30. The van der Waals surface area contributed by atoms with Gasteiger partial charge in [0.25, 0.3) is 0 Å². The van der Waals surface area contributed by atoms with E-state index in [9.17, 15) is 13.2 Å². The summed E-state index contributed by atoms with van der Waals surface area (Å²) in [4.78, 5) is 4.02. The Morgan fingerprint density at radius 1 is 1.35 bits per heavy atom. The lowest BCUT2D eigenvalue weighted by Crippen LogP contribution is -2.29. The molecule has 23 heavy (non-hydrogen) atoms. The Morgan fingerprint density at radius 3 is 2.83 bits per heavy atom. The van der Waals surface area contributed by atoms with Crippen molar-refractivity contribution in [2.24, 2.45) is 0 Å². The molecule has 0 aliphatic heterocycles. The Hall–Kier alpha value is -2.16. The number of rotatable bonds is 5. The molecule has 2 aromatic rings. The van der Waals surface area contributed by atoms with Gasteiger partial charge in [0, 0.05) is 6.54 Å². The minimum Gasteiger partial charge on any atom is -0.362 e. The van der Waals surface area contributed by atoms with Crippen LogP contribution in [0.15, 0.2) is 30.6 Å². The molecule has 1 aromatic carbocycles. The van der Waals surface area contributed by atoms with Gasteiger partial charge in [-0.3, -0.25) is 5.32 Å². The van der Waals surface area contributed by atoms with E-state index < -0.39 is 11.7 Å². The van der Waals surface area contributed by atoms with Gasteiger partial charge in [0.05, 0.1) is 12.1 Å². The summed E-state index contributed by atoms with van der Waals surface area (Å²) in [5, 5.41) is 10.3. The summed E-state index contributed by atoms with van der Waals surface area (Å²) in [6, 6.07) is 5.12. The number of hydrogen-bond donors (Lipinski definition) is 2. The van der Waals surface area contributed by atoms with Crippen LogP contribution in [0.5, 0.6) is 0 Å². The average molecular weight is 343 g/mol. The third-order valence-corrected chi connectivity index (χ3v) is 3.14. The number of benzene rings is 1. The summed E-state index contributed by atoms with van der Waals surface area (Å²) in [5.41, 5.74) is -0.193. The van der Waals surface area contributed by atoms with Crippen LogP contribution in [0.1, 0.15) is 24.5 Å². The Morgan fingerprint density at radius 2 is 2.13 bits per heavy atom. The zero-order valence-electron chi connectivity index (χ0n) is 12.4. The Balaban J connectivity index is 2.00. The zero-order chi connectivity index (χ0) is 16.9. The monoisotopic (exact) mass is 343 g/mol. The molecule has 0 bridgehead atoms. The Kier molecular flexibility index (Phi) is 5.54. The first-order valence-electron chi connectivity index (χ1n) is 6.99. The summed E-state index contributed by atoms with van der Waals surface area (Å²) in [6.07, 6.45) is -1.99. The van der Waals surface area contributed by atoms with Gasteiger partial charge in [-0.05, 0) is 36.3 Å². The van der Waals surface area contributed by atoms with Gasteiger partial charge in [-0.1, -0.05) is 19.1 Å². The number of anilines is 1. The molecule has 0 aliphatic rings. The molecule has 0 amide bonds. The van der Waals surface area contributed by atoms with Crippen molar-refractivity contribution in [3.8, 4) is 0 Å². The zero-order valence-corrected chi connectivity index (χ0v) is 13.2. The molecule has 9 heteroatoms. The second kappa shape index (κ2) is 7.40. The van der Waals surface area contributed by atoms with Crippen molar-refractivity contribution >= 4 is 23.3 Å². The quantitative estimate of drug-likeness (QED) is 0.818. The van der Waals surface area contributed by atoms with E-state index in [1.54, 1.807) is 6.07 Å². The molecule has 1 heterocycles. The summed E-state index contributed by atoms with van der Waals surface area (Å²) in [7, 11) is 0. The van der Waals surface area contributed by atoms with E-state index in [0.717, 1.165) is 25.1 Å². The summed E-state index contributed by atoms with van der Waals surface area (Å²) < 4.78 is 39.5. The topological polar surface area (TPSA) is 54.8 Å². The fraction of sp³-hybridized carbons (Fsp3) is 0.357. The molecule has 0 unspecified atom stereocenters. The molecule has 0 saturated carbocycles. The van der Waals surface area contributed by atoms with Crippen LogP contribution in [0, 0.1) is 0 Å². The van der Waals surface area contributed by atoms with Crippen molar-refractivity contribution in [3.63, 3.8) is 0 Å². The van der Waals surface area contributed by atoms with Gasteiger partial charge in [0.2, 0.25) is 5.95 Å². The minimum absolute atomic E-state index is 0.188. The molecule has 2 N–H and O–H groups in total. The molecule has 0 fully saturated rings. The highest BCUT2D eigenvalue weighted by Crippen LogP contribution is 2.29. The van der Waals surface area contributed by atoms with Crippen LogP contribution in [0.25, 0.3) is 0 Å². The first kappa shape index (κ1) is 17.2. The van der Waals surface area contributed by atoms with Gasteiger partial charge in [0.15, 0.2) is 5.11 Å². The van der Waals surface area contributed by atoms with Crippen molar-refractivity contribution in [1.29, 1.82) is 0 Å². The van der Waals surface area contributed by atoms with E-state index in [2.05, 4.69) is 20.7 Å². The standard InChI is InChI=1S/C14H16F3N5S/c1-2-6-18-13(23)20-12-19-9-22(21-12)8-10-4-3-5-11(7-10)14(15,16)17/h3-5,7,9H,2,6,8H2,1H3,(H2,18,20,21,23). The number of nitrogens with one attached hydrogen (secondary N) is 2. The molecule has 0 radical (unpaired) electrons. The van der Waals surface area contributed by atoms with Crippen LogP contribution in [0.4, 0.5) is 19.1 Å². The van der Waals surface area contributed by atoms with E-state index in [4.69, 9.17) is 12.2 Å². The lowest BCUT2D eigenvalue weighted by atomic mass is 10.1. The molecule has 124 valence electrons. The maximum absolute atomic E-state index is 12.7. The second-order valence-electron chi connectivity index (χ2n) is 4.84. The predicted molar refractivity (Wildman–Crippen MR) is 85.1 cm³/mol. The molecule has 5 nitrogen and oxygen atoms in total. The van der Waals surface area contributed by atoms with Gasteiger partial charge in [-0.15, -0.1) is 5.10 Å². The van der Waals surface area contributed by atoms with Crippen LogP contribution in [-0.2, 0) is 12.7 Å². The number of alkyl halides is 3. The van der Waals surface area contributed by atoms with E-state index >= 15 is 0 Å². The number of hydrogen-bond acceptors (Lipinski definition) is 3. The van der Waals surface area contributed by atoms with E-state index in [1.807, 2.05) is 6.92 Å². The molecular weight excluding hydrogens is 327 g/mol. The average Bonchev–Trinajstić information content (AvgIpc) is 2.91. The molecule has 0 atom stereocenters. The Bertz CT molecular complexity index is 668. The maximum atomic E-state index is 12.7. The van der Waals surface area contributed by atoms with Crippen molar-refractivity contribution in [2.45, 2.75) is 26.1 Å². The lowest BCUT2D eigenvalue weighted by Gasteiger charge is -2.08. The van der Waals surface area contributed by atoms with E-state index in [1.165, 1.54) is 17.1 Å². The fourth-order valence-electron chi connectivity index (χ4n) is 1.85. The van der Waals surface area contributed by atoms with Gasteiger partial charge in [-0.2, -0.15) is 13.2 Å². The van der Waals surface area contributed by atoms with Gasteiger partial charge in [-0.25, -0.2) is 9.67 Å². The van der Waals surface area contributed by atoms with Gasteiger partial charge < -0.3 is 5.32 Å². The second-order valence-corrected chi connectivity index (χ2v) is 5.25. The van der Waals surface area contributed by atoms with Crippen LogP contribution in [0.3, 0.4) is 0 Å². The highest BCUT2D eigenvalue weighted by molar-refractivity contribution is 7.80. The number of aromatic nitrogens is 3. The van der Waals surface area contributed by atoms with Crippen molar-refractivity contribution < 1.29 is 13.2 Å². The highest BCUT2D eigenvalue weighted by atomic mass is 32.1. The normalized spacial score (nSPS) is 11.3. The van der Waals surface area contributed by atoms with Crippen molar-refractivity contribution in [2.75, 3.05) is 11.9 Å². The molecule has 0 spiro atoms. The largest absolute Gasteiger partial charge is 0.416 e. The molecular formula is C14H16F3N5S. The number of nitrogens with zero attached hydrogens (tertiary/aromatic N) is 3. The molecule has 2 rings (SSSR count). The van der Waals surface area contributed by atoms with E-state index in [-0.39, 0.29) is 6.54 Å². The lowest BCUT2D eigenvalue weighted by molar-refractivity contribution is -0.137. The van der Waals surface area contributed by atoms with E-state index in [0.29, 0.717) is 16.6 Å². The minimum atomic E-state index is -4.36. The van der Waals surface area contributed by atoms with Crippen molar-refractivity contribution in [3.05, 3.63) is 41.7 Å². The predicted octanol–water partition coefficient (Wildman–Crippen LogP) is 3.04. The molecule has 1 aromatic heterocycles. The smallest absolute Gasteiger partial charge is 0.362 e. The van der Waals surface area contributed by atoms with Crippen LogP contribution < -0.4 is 10.6 Å². The Labute approximate surface area is 136 Å². The third kappa shape index (κ3) is 5.20. The first-order chi connectivity index (χ1) is 10.9. The maximum Gasteiger partial charge on any atom is 0.416 e. The van der Waals surface area contributed by atoms with Crippen LogP contribution in [0.2, 0.25) is 0 Å². The fourth-order valence-corrected chi connectivity index (χ4v) is 2.04. The summed E-state index contributed by atoms with van der Waals surface area (Å²) in [6.45, 7) is 2.93. The summed E-state index contributed by atoms with van der Waals surface area (Å²) in [5.74, 6) is 0.297. The van der Waals surface area contributed by atoms with Crippen molar-refractivity contribution in [1.82, 2.24) is 20.1 Å². The number of thiocarbonyl (C=S) groups is 1.